The van der Waals surface area contributed by atoms with Crippen LogP contribution in [0.2, 0.25) is 0 Å². The molecule has 31 heavy (non-hydrogen) atoms. The molecule has 4 rings (SSSR count). The molecular formula is C23H23BrN2O5. The number of halogens is 1. The van der Waals surface area contributed by atoms with E-state index in [0.717, 1.165) is 46.7 Å². The van der Waals surface area contributed by atoms with Crippen LogP contribution in [0.1, 0.15) is 40.7 Å². The number of carboxylic acid groups (broad SMARTS) is 1. The van der Waals surface area contributed by atoms with Gasteiger partial charge in [-0.1, -0.05) is 18.6 Å². The number of anilines is 1. The molecule has 2 aliphatic rings. The fraction of sp³-hybridized carbons (Fsp3) is 0.348. The molecule has 2 aromatic rings. The predicted octanol–water partition coefficient (Wildman–Crippen LogP) is 4.22. The highest BCUT2D eigenvalue weighted by Gasteiger charge is 2.55. The third-order valence-electron chi connectivity index (χ3n) is 6.24. The summed E-state index contributed by atoms with van der Waals surface area (Å²) in [5.74, 6) is 0.504. The van der Waals surface area contributed by atoms with Crippen molar-refractivity contribution < 1.29 is 24.2 Å². The minimum atomic E-state index is -1.16. The number of ketones is 1. The Balaban J connectivity index is 1.70. The molecule has 0 unspecified atom stereocenters. The molecule has 2 amide bonds. The maximum absolute atomic E-state index is 13.5. The van der Waals surface area contributed by atoms with Crippen LogP contribution in [0, 0.1) is 0 Å². The first-order valence-corrected chi connectivity index (χ1v) is 10.8. The Hall–Kier alpha value is -2.87. The molecule has 1 spiro atoms. The molecular weight excluding hydrogens is 464 g/mol. The molecule has 1 aliphatic carbocycles. The molecule has 2 aromatic carbocycles. The van der Waals surface area contributed by atoms with Crippen molar-refractivity contribution >= 4 is 39.4 Å². The fourth-order valence-electron chi connectivity index (χ4n) is 4.33. The molecule has 1 heterocycles. The van der Waals surface area contributed by atoms with Crippen molar-refractivity contribution in [3.8, 4) is 5.75 Å². The van der Waals surface area contributed by atoms with Gasteiger partial charge in [-0.3, -0.25) is 9.59 Å². The Morgan fingerprint density at radius 3 is 2.45 bits per heavy atom. The van der Waals surface area contributed by atoms with Gasteiger partial charge in [-0.05, 0) is 64.2 Å². The summed E-state index contributed by atoms with van der Waals surface area (Å²) in [5.41, 5.74) is 2.44. The summed E-state index contributed by atoms with van der Waals surface area (Å²) in [6.07, 6.45) is 1.29. The first kappa shape index (κ1) is 21.4. The van der Waals surface area contributed by atoms with Crippen LogP contribution < -0.4 is 9.64 Å². The fourth-order valence-corrected chi connectivity index (χ4v) is 5.00. The first-order valence-electron chi connectivity index (χ1n) is 10.0. The number of nitrogens with zero attached hydrogens (tertiary/aromatic N) is 2. The molecule has 1 fully saturated rings. The second-order valence-electron chi connectivity index (χ2n) is 8.09. The molecule has 162 valence electrons. The number of likely N-dealkylation sites (N-methyl/N-ethyl adjacent to an activating group) is 1. The number of benzene rings is 2. The van der Waals surface area contributed by atoms with Gasteiger partial charge in [0.2, 0.25) is 5.91 Å². The van der Waals surface area contributed by atoms with Crippen molar-refractivity contribution in [2.24, 2.45) is 0 Å². The predicted molar refractivity (Wildman–Crippen MR) is 119 cm³/mol. The molecule has 7 nitrogen and oxygen atoms in total. The molecule has 0 bridgehead atoms. The van der Waals surface area contributed by atoms with Gasteiger partial charge >= 0.3 is 6.09 Å². The van der Waals surface area contributed by atoms with E-state index in [-0.39, 0.29) is 18.2 Å². The highest BCUT2D eigenvalue weighted by molar-refractivity contribution is 9.10. The SMILES string of the molecule is COc1ccc(CN2C(=O)C3(CCC3)c3cc(C(=O)CN(C)C(=O)O)cc(Br)c32)cc1. The zero-order valence-electron chi connectivity index (χ0n) is 17.4. The van der Waals surface area contributed by atoms with E-state index in [1.54, 1.807) is 24.1 Å². The Morgan fingerprint density at radius 2 is 1.90 bits per heavy atom. The zero-order chi connectivity index (χ0) is 22.3. The quantitative estimate of drug-likeness (QED) is 0.617. The van der Waals surface area contributed by atoms with Crippen molar-refractivity contribution in [3.63, 3.8) is 0 Å². The lowest BCUT2D eigenvalue weighted by Gasteiger charge is -2.37. The number of hydrogen-bond acceptors (Lipinski definition) is 4. The molecule has 0 radical (unpaired) electrons. The van der Waals surface area contributed by atoms with E-state index in [1.807, 2.05) is 24.3 Å². The van der Waals surface area contributed by atoms with E-state index in [1.165, 1.54) is 7.05 Å². The maximum atomic E-state index is 13.5. The molecule has 8 heteroatoms. The Morgan fingerprint density at radius 1 is 1.23 bits per heavy atom. The number of Topliss-reactive ketones (excluding diaryl/α,β-unsaturated/α-hetero) is 1. The van der Waals surface area contributed by atoms with E-state index >= 15 is 0 Å². The van der Waals surface area contributed by atoms with Gasteiger partial charge < -0.3 is 19.6 Å². The van der Waals surface area contributed by atoms with Crippen molar-refractivity contribution in [2.75, 3.05) is 25.6 Å². The van der Waals surface area contributed by atoms with Gasteiger partial charge in [0.05, 0.1) is 31.3 Å². The van der Waals surface area contributed by atoms with Crippen LogP contribution in [-0.2, 0) is 16.8 Å². The summed E-state index contributed by atoms with van der Waals surface area (Å²) in [6, 6.07) is 11.1. The van der Waals surface area contributed by atoms with Gasteiger partial charge in [-0.25, -0.2) is 4.79 Å². The molecule has 1 saturated carbocycles. The molecule has 0 aromatic heterocycles. The Bertz CT molecular complexity index is 1060. The summed E-state index contributed by atoms with van der Waals surface area (Å²) in [4.78, 5) is 40.0. The van der Waals surface area contributed by atoms with Crippen LogP contribution in [0.5, 0.6) is 5.75 Å². The third kappa shape index (κ3) is 3.59. The topological polar surface area (TPSA) is 87.2 Å². The number of carbonyl (C=O) groups is 3. The van der Waals surface area contributed by atoms with Crippen LogP contribution in [0.3, 0.4) is 0 Å². The monoisotopic (exact) mass is 486 g/mol. The molecule has 1 aliphatic heterocycles. The summed E-state index contributed by atoms with van der Waals surface area (Å²) in [5, 5.41) is 9.07. The lowest BCUT2D eigenvalue weighted by Crippen LogP contribution is -2.44. The van der Waals surface area contributed by atoms with E-state index in [4.69, 9.17) is 9.84 Å². The first-order chi connectivity index (χ1) is 14.8. The number of fused-ring (bicyclic) bond motifs is 2. The van der Waals surface area contributed by atoms with Gasteiger partial charge in [0, 0.05) is 17.1 Å². The summed E-state index contributed by atoms with van der Waals surface area (Å²) in [7, 11) is 2.97. The van der Waals surface area contributed by atoms with Gasteiger partial charge in [-0.15, -0.1) is 0 Å². The number of rotatable bonds is 6. The second-order valence-corrected chi connectivity index (χ2v) is 8.95. The third-order valence-corrected chi connectivity index (χ3v) is 6.84. The summed E-state index contributed by atoms with van der Waals surface area (Å²) in [6.45, 7) is 0.183. The lowest BCUT2D eigenvalue weighted by atomic mass is 9.65. The van der Waals surface area contributed by atoms with Gasteiger partial charge in [0.15, 0.2) is 5.78 Å². The molecule has 1 N–H and O–H groups in total. The Labute approximate surface area is 188 Å². The maximum Gasteiger partial charge on any atom is 0.407 e. The van der Waals surface area contributed by atoms with Crippen molar-refractivity contribution in [1.82, 2.24) is 4.90 Å². The minimum Gasteiger partial charge on any atom is -0.497 e. The number of hydrogen-bond donors (Lipinski definition) is 1. The van der Waals surface area contributed by atoms with Gasteiger partial charge in [-0.2, -0.15) is 0 Å². The van der Waals surface area contributed by atoms with Crippen LogP contribution in [0.25, 0.3) is 0 Å². The average molecular weight is 487 g/mol. The largest absolute Gasteiger partial charge is 0.497 e. The summed E-state index contributed by atoms with van der Waals surface area (Å²) >= 11 is 3.57. The number of methoxy groups -OCH3 is 1. The zero-order valence-corrected chi connectivity index (χ0v) is 18.9. The van der Waals surface area contributed by atoms with E-state index in [9.17, 15) is 14.4 Å². The highest BCUT2D eigenvalue weighted by atomic mass is 79.9. The second kappa shape index (κ2) is 8.00. The van der Waals surface area contributed by atoms with Crippen LogP contribution in [0.15, 0.2) is 40.9 Å². The van der Waals surface area contributed by atoms with E-state index in [0.29, 0.717) is 16.6 Å². The number of carbonyl (C=O) groups excluding carboxylic acids is 2. The number of amides is 2. The Kier molecular flexibility index (Phi) is 5.51. The van der Waals surface area contributed by atoms with E-state index in [2.05, 4.69) is 15.9 Å². The smallest absolute Gasteiger partial charge is 0.407 e. The number of ether oxygens (including phenoxy) is 1. The minimum absolute atomic E-state index is 0.0533. The van der Waals surface area contributed by atoms with Crippen LogP contribution >= 0.6 is 15.9 Å². The van der Waals surface area contributed by atoms with E-state index < -0.39 is 11.5 Å². The van der Waals surface area contributed by atoms with Crippen molar-refractivity contribution in [2.45, 2.75) is 31.2 Å². The van der Waals surface area contributed by atoms with Crippen molar-refractivity contribution in [3.05, 3.63) is 57.6 Å². The highest BCUT2D eigenvalue weighted by Crippen LogP contribution is 2.56. The average Bonchev–Trinajstić information content (AvgIpc) is 2.96. The van der Waals surface area contributed by atoms with Crippen molar-refractivity contribution in [1.29, 1.82) is 0 Å². The lowest BCUT2D eigenvalue weighted by molar-refractivity contribution is -0.126. The van der Waals surface area contributed by atoms with Crippen LogP contribution in [0.4, 0.5) is 10.5 Å². The van der Waals surface area contributed by atoms with Gasteiger partial charge in [0.1, 0.15) is 5.75 Å². The standard InChI is InChI=1S/C23H23BrN2O5/c1-25(22(29)30)13-19(27)15-10-17-20(18(24)11-15)26(21(28)23(17)8-3-9-23)12-14-4-6-16(31-2)7-5-14/h4-7,10-11H,3,8-9,12-13H2,1-2H3,(H,29,30). The molecule has 0 atom stereocenters. The van der Waals surface area contributed by atoms with Crippen LogP contribution in [-0.4, -0.2) is 48.5 Å². The normalized spacial score (nSPS) is 16.1. The molecule has 0 saturated heterocycles. The summed E-state index contributed by atoms with van der Waals surface area (Å²) < 4.78 is 5.88. The van der Waals surface area contributed by atoms with Gasteiger partial charge in [0.25, 0.3) is 0 Å².